The molecular weight excluding hydrogens is 247 g/mol. The lowest BCUT2D eigenvalue weighted by atomic mass is 10.3. The molecule has 1 heterocycles. The monoisotopic (exact) mass is 256 g/mol. The second kappa shape index (κ2) is 5.11. The molecule has 2 rings (SSSR count). The molecule has 0 unspecified atom stereocenters. The maximum atomic E-state index is 13.4. The molecular formula is C10H10ClFN4O. The van der Waals surface area contributed by atoms with Gasteiger partial charge in [-0.1, -0.05) is 22.8 Å². The van der Waals surface area contributed by atoms with Crippen LogP contribution in [0.1, 0.15) is 5.89 Å². The molecule has 0 aliphatic heterocycles. The third kappa shape index (κ3) is 2.72. The number of halogens is 2. The van der Waals surface area contributed by atoms with Crippen LogP contribution in [0.4, 0.5) is 16.1 Å². The molecule has 0 saturated carbocycles. The highest BCUT2D eigenvalue weighted by atomic mass is 35.5. The number of rotatable bonds is 4. The zero-order valence-electron chi connectivity index (χ0n) is 8.78. The summed E-state index contributed by atoms with van der Waals surface area (Å²) in [4.78, 5) is 0. The summed E-state index contributed by atoms with van der Waals surface area (Å²) in [6, 6.07) is 4.44. The first-order valence-corrected chi connectivity index (χ1v) is 5.32. The van der Waals surface area contributed by atoms with Crippen LogP contribution in [-0.4, -0.2) is 16.7 Å². The van der Waals surface area contributed by atoms with E-state index >= 15 is 0 Å². The van der Waals surface area contributed by atoms with Gasteiger partial charge in [0.25, 0.3) is 0 Å². The molecule has 0 bridgehead atoms. The summed E-state index contributed by atoms with van der Waals surface area (Å²) in [6.07, 6.45) is 0.472. The molecule has 0 spiro atoms. The maximum absolute atomic E-state index is 13.4. The summed E-state index contributed by atoms with van der Waals surface area (Å²) in [5.41, 5.74) is 5.45. The molecule has 3 N–H and O–H groups in total. The lowest BCUT2D eigenvalue weighted by Crippen LogP contribution is -2.02. The second-order valence-electron chi connectivity index (χ2n) is 3.26. The Morgan fingerprint density at radius 2 is 2.24 bits per heavy atom. The molecule has 0 aliphatic rings. The summed E-state index contributed by atoms with van der Waals surface area (Å²) in [6.45, 7) is 0.405. The van der Waals surface area contributed by atoms with Gasteiger partial charge in [0.15, 0.2) is 0 Å². The average Bonchev–Trinajstić information content (AvgIpc) is 2.72. The number of nitrogens with one attached hydrogen (secondary N) is 1. The number of hydrogen-bond donors (Lipinski definition) is 2. The predicted molar refractivity (Wildman–Crippen MR) is 61.7 cm³/mol. The molecule has 1 aromatic carbocycles. The smallest absolute Gasteiger partial charge is 0.320 e. The Bertz CT molecular complexity index is 497. The van der Waals surface area contributed by atoms with Gasteiger partial charge in [0.05, 0.1) is 10.7 Å². The van der Waals surface area contributed by atoms with Crippen LogP contribution in [-0.2, 0) is 6.42 Å². The standard InChI is InChI=1S/C10H10ClFN4O/c11-6-2-1-3-7(12)9(6)14-10-16-15-8(17-10)4-5-13/h1-3H,4-5,13H2,(H,14,16). The normalized spacial score (nSPS) is 10.5. The highest BCUT2D eigenvalue weighted by Crippen LogP contribution is 2.27. The Hall–Kier alpha value is -1.66. The molecule has 17 heavy (non-hydrogen) atoms. The Balaban J connectivity index is 2.19. The quantitative estimate of drug-likeness (QED) is 0.876. The van der Waals surface area contributed by atoms with Gasteiger partial charge in [0.2, 0.25) is 5.89 Å². The van der Waals surface area contributed by atoms with E-state index < -0.39 is 5.82 Å². The van der Waals surface area contributed by atoms with E-state index in [1.54, 1.807) is 6.07 Å². The number of aromatic nitrogens is 2. The molecule has 5 nitrogen and oxygen atoms in total. The maximum Gasteiger partial charge on any atom is 0.320 e. The third-order valence-electron chi connectivity index (χ3n) is 2.02. The van der Waals surface area contributed by atoms with E-state index in [2.05, 4.69) is 15.5 Å². The number of para-hydroxylation sites is 1. The SMILES string of the molecule is NCCc1nnc(Nc2c(F)cccc2Cl)o1. The van der Waals surface area contributed by atoms with Crippen LogP contribution in [0.2, 0.25) is 5.02 Å². The van der Waals surface area contributed by atoms with Crippen molar-refractivity contribution in [3.8, 4) is 0 Å². The minimum atomic E-state index is -0.490. The van der Waals surface area contributed by atoms with Gasteiger partial charge in [-0.15, -0.1) is 5.10 Å². The van der Waals surface area contributed by atoms with Crippen molar-refractivity contribution >= 4 is 23.3 Å². The van der Waals surface area contributed by atoms with Crippen LogP contribution in [0, 0.1) is 5.82 Å². The van der Waals surface area contributed by atoms with E-state index in [-0.39, 0.29) is 16.7 Å². The Kier molecular flexibility index (Phi) is 3.55. The summed E-state index contributed by atoms with van der Waals surface area (Å²) in [5.74, 6) is -0.0986. The van der Waals surface area contributed by atoms with E-state index in [0.717, 1.165) is 0 Å². The minimum Gasteiger partial charge on any atom is -0.408 e. The summed E-state index contributed by atoms with van der Waals surface area (Å²) >= 11 is 5.84. The topological polar surface area (TPSA) is 77.0 Å². The summed E-state index contributed by atoms with van der Waals surface area (Å²) < 4.78 is 18.6. The van der Waals surface area contributed by atoms with Gasteiger partial charge in [0.1, 0.15) is 5.82 Å². The van der Waals surface area contributed by atoms with E-state index in [1.165, 1.54) is 12.1 Å². The molecule has 2 aromatic rings. The number of nitrogens with zero attached hydrogens (tertiary/aromatic N) is 2. The predicted octanol–water partition coefficient (Wildman–Crippen LogP) is 2.11. The Morgan fingerprint density at radius 3 is 2.94 bits per heavy atom. The molecule has 0 radical (unpaired) electrons. The van der Waals surface area contributed by atoms with E-state index in [1.807, 2.05) is 0 Å². The van der Waals surface area contributed by atoms with Crippen molar-refractivity contribution in [1.82, 2.24) is 10.2 Å². The van der Waals surface area contributed by atoms with Gasteiger partial charge in [-0.05, 0) is 12.1 Å². The van der Waals surface area contributed by atoms with Crippen molar-refractivity contribution in [2.24, 2.45) is 5.73 Å². The van der Waals surface area contributed by atoms with Gasteiger partial charge in [-0.2, -0.15) is 0 Å². The van der Waals surface area contributed by atoms with Gasteiger partial charge < -0.3 is 15.5 Å². The number of benzene rings is 1. The molecule has 0 saturated heterocycles. The number of anilines is 2. The fourth-order valence-corrected chi connectivity index (χ4v) is 1.46. The largest absolute Gasteiger partial charge is 0.408 e. The summed E-state index contributed by atoms with van der Waals surface area (Å²) in [5, 5.41) is 10.3. The molecule has 0 atom stereocenters. The summed E-state index contributed by atoms with van der Waals surface area (Å²) in [7, 11) is 0. The van der Waals surface area contributed by atoms with Crippen LogP contribution in [0.3, 0.4) is 0 Å². The lowest BCUT2D eigenvalue weighted by molar-refractivity contribution is 0.509. The fourth-order valence-electron chi connectivity index (χ4n) is 1.25. The molecule has 0 fully saturated rings. The first-order valence-electron chi connectivity index (χ1n) is 4.94. The highest BCUT2D eigenvalue weighted by Gasteiger charge is 2.11. The van der Waals surface area contributed by atoms with E-state index in [4.69, 9.17) is 21.8 Å². The van der Waals surface area contributed by atoms with Gasteiger partial charge in [-0.3, -0.25) is 0 Å². The Morgan fingerprint density at radius 1 is 1.41 bits per heavy atom. The van der Waals surface area contributed by atoms with Crippen molar-refractivity contribution in [2.45, 2.75) is 6.42 Å². The van der Waals surface area contributed by atoms with E-state index in [9.17, 15) is 4.39 Å². The minimum absolute atomic E-state index is 0.0838. The third-order valence-corrected chi connectivity index (χ3v) is 2.33. The lowest BCUT2D eigenvalue weighted by Gasteiger charge is -2.04. The molecule has 0 aliphatic carbocycles. The highest BCUT2D eigenvalue weighted by molar-refractivity contribution is 6.33. The van der Waals surface area contributed by atoms with Crippen LogP contribution < -0.4 is 11.1 Å². The van der Waals surface area contributed by atoms with Crippen molar-refractivity contribution in [1.29, 1.82) is 0 Å². The molecule has 0 amide bonds. The second-order valence-corrected chi connectivity index (χ2v) is 3.67. The first kappa shape index (κ1) is 11.8. The van der Waals surface area contributed by atoms with E-state index in [0.29, 0.717) is 18.9 Å². The Labute approximate surface area is 102 Å². The average molecular weight is 257 g/mol. The van der Waals surface area contributed by atoms with Crippen molar-refractivity contribution in [3.05, 3.63) is 34.9 Å². The zero-order chi connectivity index (χ0) is 12.3. The fraction of sp³-hybridized carbons (Fsp3) is 0.200. The van der Waals surface area contributed by atoms with Crippen LogP contribution in [0.25, 0.3) is 0 Å². The van der Waals surface area contributed by atoms with Crippen LogP contribution in [0.5, 0.6) is 0 Å². The zero-order valence-corrected chi connectivity index (χ0v) is 9.54. The van der Waals surface area contributed by atoms with Crippen molar-refractivity contribution in [2.75, 3.05) is 11.9 Å². The number of hydrogen-bond acceptors (Lipinski definition) is 5. The number of nitrogens with two attached hydrogens (primary N) is 1. The molecule has 90 valence electrons. The van der Waals surface area contributed by atoms with Crippen LogP contribution in [0.15, 0.2) is 22.6 Å². The van der Waals surface area contributed by atoms with Crippen LogP contribution >= 0.6 is 11.6 Å². The molecule has 7 heteroatoms. The van der Waals surface area contributed by atoms with Crippen molar-refractivity contribution < 1.29 is 8.81 Å². The van der Waals surface area contributed by atoms with Gasteiger partial charge in [-0.25, -0.2) is 4.39 Å². The molecule has 1 aromatic heterocycles. The first-order chi connectivity index (χ1) is 8.20. The van der Waals surface area contributed by atoms with Gasteiger partial charge in [0, 0.05) is 13.0 Å². The van der Waals surface area contributed by atoms with Crippen molar-refractivity contribution in [3.63, 3.8) is 0 Å². The van der Waals surface area contributed by atoms with Gasteiger partial charge >= 0.3 is 6.01 Å².